The van der Waals surface area contributed by atoms with Gasteiger partial charge in [-0.1, -0.05) is 18.5 Å². The monoisotopic (exact) mass is 276 g/mol. The molecular formula is C14H17ClN4. The maximum Gasteiger partial charge on any atom is 0.138 e. The average Bonchev–Trinajstić information content (AvgIpc) is 3.13. The molecule has 0 unspecified atom stereocenters. The zero-order valence-corrected chi connectivity index (χ0v) is 11.7. The van der Waals surface area contributed by atoms with Crippen molar-refractivity contribution in [3.05, 3.63) is 41.1 Å². The topological polar surface area (TPSA) is 42.7 Å². The van der Waals surface area contributed by atoms with Gasteiger partial charge in [0.1, 0.15) is 11.6 Å². The fraction of sp³-hybridized carbons (Fsp3) is 0.429. The maximum absolute atomic E-state index is 6.21. The zero-order chi connectivity index (χ0) is 13.2. The molecule has 0 saturated heterocycles. The minimum absolute atomic E-state index is 0.654. The van der Waals surface area contributed by atoms with Gasteiger partial charge in [-0.15, -0.1) is 0 Å². The predicted octanol–water partition coefficient (Wildman–Crippen LogP) is 2.74. The minimum Gasteiger partial charge on any atom is -0.308 e. The molecule has 3 rings (SSSR count). The fourth-order valence-corrected chi connectivity index (χ4v) is 2.24. The predicted molar refractivity (Wildman–Crippen MR) is 75.6 cm³/mol. The summed E-state index contributed by atoms with van der Waals surface area (Å²) in [5.74, 6) is 1.89. The third-order valence-electron chi connectivity index (χ3n) is 3.32. The Morgan fingerprint density at radius 1 is 1.42 bits per heavy atom. The van der Waals surface area contributed by atoms with Crippen LogP contribution in [0.4, 0.5) is 0 Å². The van der Waals surface area contributed by atoms with Crippen molar-refractivity contribution in [1.29, 1.82) is 0 Å². The summed E-state index contributed by atoms with van der Waals surface area (Å²) in [6.45, 7) is 2.82. The second kappa shape index (κ2) is 5.31. The molecule has 2 heterocycles. The molecule has 1 fully saturated rings. The molecule has 1 aliphatic carbocycles. The Morgan fingerprint density at radius 3 is 3.00 bits per heavy atom. The third kappa shape index (κ3) is 2.80. The molecule has 0 aromatic carbocycles. The Kier molecular flexibility index (Phi) is 3.53. The number of pyridine rings is 1. The van der Waals surface area contributed by atoms with Crippen molar-refractivity contribution in [1.82, 2.24) is 19.9 Å². The van der Waals surface area contributed by atoms with Gasteiger partial charge in [-0.05, 0) is 25.0 Å². The lowest BCUT2D eigenvalue weighted by Gasteiger charge is -2.10. The normalized spacial score (nSPS) is 14.8. The van der Waals surface area contributed by atoms with Crippen LogP contribution in [-0.4, -0.2) is 20.6 Å². The Morgan fingerprint density at radius 2 is 2.26 bits per heavy atom. The molecule has 1 saturated carbocycles. The molecule has 5 heteroatoms. The van der Waals surface area contributed by atoms with Crippen LogP contribution in [0.25, 0.3) is 5.82 Å². The van der Waals surface area contributed by atoms with E-state index in [4.69, 9.17) is 11.6 Å². The van der Waals surface area contributed by atoms with Crippen molar-refractivity contribution in [3.8, 4) is 5.82 Å². The molecule has 0 aliphatic heterocycles. The first-order chi connectivity index (χ1) is 9.28. The molecule has 0 spiro atoms. The van der Waals surface area contributed by atoms with E-state index in [1.807, 2.05) is 22.9 Å². The molecule has 4 nitrogen and oxygen atoms in total. The lowest BCUT2D eigenvalue weighted by molar-refractivity contribution is 0.672. The quantitative estimate of drug-likeness (QED) is 0.913. The highest BCUT2D eigenvalue weighted by molar-refractivity contribution is 6.31. The number of aryl methyl sites for hydroxylation is 1. The van der Waals surface area contributed by atoms with E-state index < -0.39 is 0 Å². The number of halogens is 1. The van der Waals surface area contributed by atoms with Crippen LogP contribution in [-0.2, 0) is 13.0 Å². The molecular weight excluding hydrogens is 260 g/mol. The Balaban J connectivity index is 1.87. The van der Waals surface area contributed by atoms with E-state index in [-0.39, 0.29) is 0 Å². The number of nitrogens with zero attached hydrogens (tertiary/aromatic N) is 3. The summed E-state index contributed by atoms with van der Waals surface area (Å²) in [6, 6.07) is 4.50. The van der Waals surface area contributed by atoms with Gasteiger partial charge < -0.3 is 5.32 Å². The van der Waals surface area contributed by atoms with Gasteiger partial charge in [-0.25, -0.2) is 9.97 Å². The highest BCUT2D eigenvalue weighted by Gasteiger charge is 2.20. The SMILES string of the molecule is CCc1nccn1-c1ccc(Cl)c(CNC2CC2)n1. The summed E-state index contributed by atoms with van der Waals surface area (Å²) in [6.07, 6.45) is 7.15. The van der Waals surface area contributed by atoms with Crippen molar-refractivity contribution in [2.75, 3.05) is 0 Å². The minimum atomic E-state index is 0.654. The van der Waals surface area contributed by atoms with Crippen LogP contribution in [0, 0.1) is 0 Å². The van der Waals surface area contributed by atoms with Crippen LogP contribution in [0.5, 0.6) is 0 Å². The van der Waals surface area contributed by atoms with E-state index in [0.29, 0.717) is 6.04 Å². The van der Waals surface area contributed by atoms with Gasteiger partial charge in [0, 0.05) is 31.4 Å². The van der Waals surface area contributed by atoms with Crippen LogP contribution in [0.2, 0.25) is 5.02 Å². The summed E-state index contributed by atoms with van der Waals surface area (Å²) in [5, 5.41) is 4.16. The van der Waals surface area contributed by atoms with Gasteiger partial charge in [0.15, 0.2) is 0 Å². The van der Waals surface area contributed by atoms with Crippen molar-refractivity contribution < 1.29 is 0 Å². The first-order valence-corrected chi connectivity index (χ1v) is 7.07. The first kappa shape index (κ1) is 12.6. The van der Waals surface area contributed by atoms with Crippen molar-refractivity contribution in [3.63, 3.8) is 0 Å². The van der Waals surface area contributed by atoms with Crippen molar-refractivity contribution in [2.45, 2.75) is 38.8 Å². The first-order valence-electron chi connectivity index (χ1n) is 6.69. The molecule has 1 aliphatic rings. The van der Waals surface area contributed by atoms with Crippen molar-refractivity contribution >= 4 is 11.6 Å². The standard InChI is InChI=1S/C14H17ClN4/c1-2-13-16-7-8-19(13)14-6-5-11(15)12(18-14)9-17-10-3-4-10/h5-8,10,17H,2-4,9H2,1H3. The van der Waals surface area contributed by atoms with Crippen molar-refractivity contribution in [2.24, 2.45) is 0 Å². The van der Waals surface area contributed by atoms with Crippen LogP contribution in [0.15, 0.2) is 24.5 Å². The van der Waals surface area contributed by atoms with Gasteiger partial charge >= 0.3 is 0 Å². The van der Waals surface area contributed by atoms with Crippen LogP contribution in [0.3, 0.4) is 0 Å². The number of imidazole rings is 1. The summed E-state index contributed by atoms with van der Waals surface area (Å²) in [5.41, 5.74) is 0.904. The Hall–Kier alpha value is -1.39. The molecule has 0 bridgehead atoms. The molecule has 2 aromatic heterocycles. The molecule has 0 atom stereocenters. The third-order valence-corrected chi connectivity index (χ3v) is 3.66. The summed E-state index contributed by atoms with van der Waals surface area (Å²) < 4.78 is 2.01. The smallest absolute Gasteiger partial charge is 0.138 e. The van der Waals surface area contributed by atoms with Gasteiger partial charge in [-0.2, -0.15) is 0 Å². The number of aromatic nitrogens is 3. The largest absolute Gasteiger partial charge is 0.308 e. The van der Waals surface area contributed by atoms with E-state index in [1.165, 1.54) is 12.8 Å². The van der Waals surface area contributed by atoms with Gasteiger partial charge in [0.05, 0.1) is 10.7 Å². The van der Waals surface area contributed by atoms with Gasteiger partial charge in [-0.3, -0.25) is 4.57 Å². The molecule has 0 radical (unpaired) electrons. The Bertz CT molecular complexity index is 575. The van der Waals surface area contributed by atoms with E-state index in [2.05, 4.69) is 22.2 Å². The number of nitrogens with one attached hydrogen (secondary N) is 1. The van der Waals surface area contributed by atoms with Crippen LogP contribution >= 0.6 is 11.6 Å². The molecule has 0 amide bonds. The molecule has 19 heavy (non-hydrogen) atoms. The van der Waals surface area contributed by atoms with E-state index in [9.17, 15) is 0 Å². The van der Waals surface area contributed by atoms with E-state index in [1.54, 1.807) is 6.20 Å². The zero-order valence-electron chi connectivity index (χ0n) is 10.9. The number of hydrogen-bond donors (Lipinski definition) is 1. The highest BCUT2D eigenvalue weighted by Crippen LogP contribution is 2.21. The second-order valence-electron chi connectivity index (χ2n) is 4.82. The van der Waals surface area contributed by atoms with E-state index >= 15 is 0 Å². The van der Waals surface area contributed by atoms with Crippen LogP contribution in [0.1, 0.15) is 31.3 Å². The molecule has 1 N–H and O–H groups in total. The van der Waals surface area contributed by atoms with Crippen LogP contribution < -0.4 is 5.32 Å². The number of hydrogen-bond acceptors (Lipinski definition) is 3. The number of rotatable bonds is 5. The van der Waals surface area contributed by atoms with Gasteiger partial charge in [0.25, 0.3) is 0 Å². The fourth-order valence-electron chi connectivity index (χ4n) is 2.06. The Labute approximate surface area is 117 Å². The summed E-state index contributed by atoms with van der Waals surface area (Å²) >= 11 is 6.21. The van der Waals surface area contributed by atoms with E-state index in [0.717, 1.165) is 35.3 Å². The average molecular weight is 277 g/mol. The highest BCUT2D eigenvalue weighted by atomic mass is 35.5. The lowest BCUT2D eigenvalue weighted by Crippen LogP contribution is -2.17. The lowest BCUT2D eigenvalue weighted by atomic mass is 10.3. The maximum atomic E-state index is 6.21. The summed E-state index contributed by atoms with van der Waals surface area (Å²) in [7, 11) is 0. The molecule has 2 aromatic rings. The molecule has 100 valence electrons. The second-order valence-corrected chi connectivity index (χ2v) is 5.23. The summed E-state index contributed by atoms with van der Waals surface area (Å²) in [4.78, 5) is 8.97. The van der Waals surface area contributed by atoms with Gasteiger partial charge in [0.2, 0.25) is 0 Å².